The van der Waals surface area contributed by atoms with Gasteiger partial charge in [-0.25, -0.2) is 9.97 Å². The molecule has 0 spiro atoms. The summed E-state index contributed by atoms with van der Waals surface area (Å²) in [6, 6.07) is 2.00. The molecule has 2 rings (SSSR count). The van der Waals surface area contributed by atoms with Crippen LogP contribution in [0.2, 0.25) is 0 Å². The van der Waals surface area contributed by atoms with E-state index in [1.807, 2.05) is 25.3 Å². The minimum atomic E-state index is 0.142. The molecule has 0 aliphatic heterocycles. The lowest BCUT2D eigenvalue weighted by atomic mass is 10.2. The van der Waals surface area contributed by atoms with E-state index in [0.29, 0.717) is 0 Å². The van der Waals surface area contributed by atoms with Crippen LogP contribution in [-0.2, 0) is 0 Å². The first-order chi connectivity index (χ1) is 8.06. The first-order valence-electron chi connectivity index (χ1n) is 5.47. The summed E-state index contributed by atoms with van der Waals surface area (Å²) in [4.78, 5) is 8.74. The Balaban J connectivity index is 2.12. The molecule has 0 fully saturated rings. The maximum atomic E-state index is 5.85. The standard InChI is InChI=1S/C12H16N4S/c1-7-5-14-11(4-10(7)13)16-9(3)12-15-8(2)6-17-12/h4-6,9H,1-3H3,(H3,13,14,16). The predicted octanol–water partition coefficient (Wildman–Crippen LogP) is 2.91. The van der Waals surface area contributed by atoms with E-state index < -0.39 is 0 Å². The molecule has 4 nitrogen and oxygen atoms in total. The SMILES string of the molecule is Cc1csc(C(C)Nc2cc(N)c(C)cn2)n1. The van der Waals surface area contributed by atoms with E-state index in [1.165, 1.54) is 0 Å². The minimum absolute atomic E-state index is 0.142. The number of aromatic nitrogens is 2. The van der Waals surface area contributed by atoms with Crippen molar-refractivity contribution < 1.29 is 0 Å². The fourth-order valence-electron chi connectivity index (χ4n) is 1.47. The largest absolute Gasteiger partial charge is 0.398 e. The van der Waals surface area contributed by atoms with Gasteiger partial charge >= 0.3 is 0 Å². The number of thiazole rings is 1. The summed E-state index contributed by atoms with van der Waals surface area (Å²) < 4.78 is 0. The summed E-state index contributed by atoms with van der Waals surface area (Å²) in [6.45, 7) is 6.00. The van der Waals surface area contributed by atoms with E-state index in [2.05, 4.69) is 22.2 Å². The monoisotopic (exact) mass is 248 g/mol. The van der Waals surface area contributed by atoms with Crippen LogP contribution in [0.3, 0.4) is 0 Å². The quantitative estimate of drug-likeness (QED) is 0.876. The lowest BCUT2D eigenvalue weighted by Gasteiger charge is -2.12. The number of aryl methyl sites for hydroxylation is 2. The number of pyridine rings is 1. The number of hydrogen-bond donors (Lipinski definition) is 2. The number of rotatable bonds is 3. The Morgan fingerprint density at radius 1 is 1.41 bits per heavy atom. The zero-order chi connectivity index (χ0) is 12.4. The van der Waals surface area contributed by atoms with Gasteiger partial charge in [0.1, 0.15) is 10.8 Å². The van der Waals surface area contributed by atoms with Crippen LogP contribution >= 0.6 is 11.3 Å². The molecule has 1 unspecified atom stereocenters. The fraction of sp³-hybridized carbons (Fsp3) is 0.333. The summed E-state index contributed by atoms with van der Waals surface area (Å²) in [7, 11) is 0. The Bertz CT molecular complexity index is 521. The first-order valence-corrected chi connectivity index (χ1v) is 6.35. The Hall–Kier alpha value is -1.62. The van der Waals surface area contributed by atoms with Gasteiger partial charge in [0.25, 0.3) is 0 Å². The van der Waals surface area contributed by atoms with Crippen molar-refractivity contribution in [1.29, 1.82) is 0 Å². The van der Waals surface area contributed by atoms with E-state index >= 15 is 0 Å². The second-order valence-corrected chi connectivity index (χ2v) is 5.01. The average molecular weight is 248 g/mol. The van der Waals surface area contributed by atoms with Crippen LogP contribution in [0.15, 0.2) is 17.6 Å². The molecule has 2 aromatic rings. The van der Waals surface area contributed by atoms with Crippen molar-refractivity contribution in [1.82, 2.24) is 9.97 Å². The van der Waals surface area contributed by atoms with Gasteiger partial charge in [-0.05, 0) is 26.3 Å². The molecule has 0 amide bonds. The Labute approximate surface area is 105 Å². The highest BCUT2D eigenvalue weighted by atomic mass is 32.1. The van der Waals surface area contributed by atoms with Gasteiger partial charge < -0.3 is 11.1 Å². The molecule has 0 aromatic carbocycles. The number of nitrogen functional groups attached to an aromatic ring is 1. The average Bonchev–Trinajstić information content (AvgIpc) is 2.70. The molecular formula is C12H16N4S. The fourth-order valence-corrected chi connectivity index (χ4v) is 2.28. The summed E-state index contributed by atoms with van der Waals surface area (Å²) in [5, 5.41) is 6.40. The van der Waals surface area contributed by atoms with Crippen molar-refractivity contribution >= 4 is 22.8 Å². The molecule has 3 N–H and O–H groups in total. The molecule has 0 bridgehead atoms. The Morgan fingerprint density at radius 3 is 2.76 bits per heavy atom. The van der Waals surface area contributed by atoms with Crippen molar-refractivity contribution in [2.45, 2.75) is 26.8 Å². The summed E-state index contributed by atoms with van der Waals surface area (Å²) in [6.07, 6.45) is 1.78. The minimum Gasteiger partial charge on any atom is -0.398 e. The molecule has 5 heteroatoms. The lowest BCUT2D eigenvalue weighted by Crippen LogP contribution is -2.08. The molecule has 0 aliphatic rings. The van der Waals surface area contributed by atoms with E-state index in [0.717, 1.165) is 27.8 Å². The van der Waals surface area contributed by atoms with E-state index in [4.69, 9.17) is 5.73 Å². The maximum absolute atomic E-state index is 5.85. The highest BCUT2D eigenvalue weighted by molar-refractivity contribution is 7.09. The molecule has 1 atom stereocenters. The smallest absolute Gasteiger partial charge is 0.128 e. The molecule has 2 aromatic heterocycles. The second kappa shape index (κ2) is 4.71. The van der Waals surface area contributed by atoms with Crippen LogP contribution in [-0.4, -0.2) is 9.97 Å². The van der Waals surface area contributed by atoms with Crippen molar-refractivity contribution in [3.05, 3.63) is 33.9 Å². The van der Waals surface area contributed by atoms with Gasteiger partial charge in [-0.15, -0.1) is 11.3 Å². The second-order valence-electron chi connectivity index (χ2n) is 4.12. The van der Waals surface area contributed by atoms with Crippen LogP contribution in [0, 0.1) is 13.8 Å². The summed E-state index contributed by atoms with van der Waals surface area (Å²) in [5.41, 5.74) is 8.65. The van der Waals surface area contributed by atoms with E-state index in [-0.39, 0.29) is 6.04 Å². The van der Waals surface area contributed by atoms with Gasteiger partial charge in [-0.1, -0.05) is 0 Å². The van der Waals surface area contributed by atoms with E-state index in [1.54, 1.807) is 17.5 Å². The van der Waals surface area contributed by atoms with Crippen molar-refractivity contribution in [2.24, 2.45) is 0 Å². The van der Waals surface area contributed by atoms with Gasteiger partial charge in [-0.2, -0.15) is 0 Å². The lowest BCUT2D eigenvalue weighted by molar-refractivity contribution is 0.855. The predicted molar refractivity (Wildman–Crippen MR) is 72.3 cm³/mol. The van der Waals surface area contributed by atoms with Crippen LogP contribution in [0.1, 0.15) is 29.2 Å². The third-order valence-electron chi connectivity index (χ3n) is 2.52. The van der Waals surface area contributed by atoms with Crippen molar-refractivity contribution in [3.8, 4) is 0 Å². The molecular weight excluding hydrogens is 232 g/mol. The summed E-state index contributed by atoms with van der Waals surface area (Å²) in [5.74, 6) is 0.786. The van der Waals surface area contributed by atoms with Crippen LogP contribution in [0.5, 0.6) is 0 Å². The number of hydrogen-bond acceptors (Lipinski definition) is 5. The first kappa shape index (κ1) is 11.9. The van der Waals surface area contributed by atoms with Gasteiger partial charge in [0.2, 0.25) is 0 Å². The van der Waals surface area contributed by atoms with Crippen molar-refractivity contribution in [3.63, 3.8) is 0 Å². The van der Waals surface area contributed by atoms with Gasteiger partial charge in [0.15, 0.2) is 0 Å². The van der Waals surface area contributed by atoms with Crippen LogP contribution in [0.25, 0.3) is 0 Å². The molecule has 0 saturated carbocycles. The maximum Gasteiger partial charge on any atom is 0.128 e. The number of anilines is 2. The normalized spacial score (nSPS) is 12.4. The van der Waals surface area contributed by atoms with Crippen LogP contribution < -0.4 is 11.1 Å². The Kier molecular flexibility index (Phi) is 3.28. The zero-order valence-electron chi connectivity index (χ0n) is 10.2. The van der Waals surface area contributed by atoms with E-state index in [9.17, 15) is 0 Å². The molecule has 0 radical (unpaired) electrons. The molecule has 2 heterocycles. The zero-order valence-corrected chi connectivity index (χ0v) is 11.0. The molecule has 17 heavy (non-hydrogen) atoms. The molecule has 0 saturated heterocycles. The van der Waals surface area contributed by atoms with Gasteiger partial charge in [-0.3, -0.25) is 0 Å². The highest BCUT2D eigenvalue weighted by Gasteiger charge is 2.10. The third kappa shape index (κ3) is 2.74. The molecule has 0 aliphatic carbocycles. The number of nitrogens with zero attached hydrogens (tertiary/aromatic N) is 2. The summed E-state index contributed by atoms with van der Waals surface area (Å²) >= 11 is 1.65. The third-order valence-corrected chi connectivity index (χ3v) is 3.66. The molecule has 90 valence electrons. The topological polar surface area (TPSA) is 63.8 Å². The number of nitrogens with two attached hydrogens (primary N) is 1. The van der Waals surface area contributed by atoms with Gasteiger partial charge in [0, 0.05) is 29.0 Å². The highest BCUT2D eigenvalue weighted by Crippen LogP contribution is 2.22. The van der Waals surface area contributed by atoms with Crippen molar-refractivity contribution in [2.75, 3.05) is 11.1 Å². The van der Waals surface area contributed by atoms with Crippen LogP contribution in [0.4, 0.5) is 11.5 Å². The Morgan fingerprint density at radius 2 is 2.18 bits per heavy atom. The number of nitrogens with one attached hydrogen (secondary N) is 1. The van der Waals surface area contributed by atoms with Gasteiger partial charge in [0.05, 0.1) is 6.04 Å².